The highest BCUT2D eigenvalue weighted by molar-refractivity contribution is 5.97. The van der Waals surface area contributed by atoms with E-state index < -0.39 is 34.8 Å². The second-order valence-electron chi connectivity index (χ2n) is 5.79. The molecule has 0 aliphatic carbocycles. The Balaban J connectivity index is 2.01. The van der Waals surface area contributed by atoms with Gasteiger partial charge in [0.25, 0.3) is 5.91 Å². The standard InChI is InChI=1S/C17H16N2O7/c1-26-10-4-2-3-9(5-10)6-19-12(20)8-18-7-11(17(24)25)14(21)15(22)13(18)16(19)23/h2-5,7,12,20,22H,6,8H2,1H3,(H,24,25). The third kappa shape index (κ3) is 2.88. The lowest BCUT2D eigenvalue weighted by Gasteiger charge is -2.34. The first-order valence-corrected chi connectivity index (χ1v) is 7.65. The highest BCUT2D eigenvalue weighted by Gasteiger charge is 2.35. The van der Waals surface area contributed by atoms with Crippen LogP contribution < -0.4 is 10.2 Å². The van der Waals surface area contributed by atoms with E-state index in [1.807, 2.05) is 0 Å². The summed E-state index contributed by atoms with van der Waals surface area (Å²) in [4.78, 5) is 36.9. The molecule has 2 heterocycles. The van der Waals surface area contributed by atoms with E-state index in [4.69, 9.17) is 9.84 Å². The Morgan fingerprint density at radius 1 is 1.35 bits per heavy atom. The summed E-state index contributed by atoms with van der Waals surface area (Å²) in [5, 5.41) is 29.4. The molecule has 1 atom stereocenters. The number of fused-ring (bicyclic) bond motifs is 1. The Morgan fingerprint density at radius 2 is 2.08 bits per heavy atom. The van der Waals surface area contributed by atoms with Gasteiger partial charge in [0.05, 0.1) is 13.7 Å². The molecule has 0 bridgehead atoms. The maximum atomic E-state index is 12.7. The van der Waals surface area contributed by atoms with Crippen molar-refractivity contribution < 1.29 is 29.6 Å². The van der Waals surface area contributed by atoms with Crippen molar-refractivity contribution in [1.29, 1.82) is 0 Å². The number of pyridine rings is 1. The van der Waals surface area contributed by atoms with E-state index in [-0.39, 0.29) is 18.8 Å². The van der Waals surface area contributed by atoms with Crippen molar-refractivity contribution in [3.8, 4) is 11.5 Å². The molecule has 1 aromatic heterocycles. The van der Waals surface area contributed by atoms with E-state index in [0.29, 0.717) is 11.3 Å². The molecule has 1 unspecified atom stereocenters. The average molecular weight is 360 g/mol. The topological polar surface area (TPSA) is 129 Å². The van der Waals surface area contributed by atoms with Crippen LogP contribution in [0.2, 0.25) is 0 Å². The van der Waals surface area contributed by atoms with E-state index in [2.05, 4.69) is 0 Å². The lowest BCUT2D eigenvalue weighted by molar-refractivity contribution is -0.0163. The number of amides is 1. The summed E-state index contributed by atoms with van der Waals surface area (Å²) in [5.74, 6) is -2.68. The largest absolute Gasteiger partial charge is 0.503 e. The number of aromatic nitrogens is 1. The van der Waals surface area contributed by atoms with Crippen molar-refractivity contribution in [1.82, 2.24) is 9.47 Å². The van der Waals surface area contributed by atoms with Gasteiger partial charge in [0.2, 0.25) is 5.43 Å². The number of carbonyl (C=O) groups excluding carboxylic acids is 1. The SMILES string of the molecule is COc1cccc(CN2C(=O)c3c(O)c(=O)c(C(=O)O)cn3CC2O)c1. The molecule has 3 N–H and O–H groups in total. The fraction of sp³-hybridized carbons (Fsp3) is 0.235. The molecule has 9 nitrogen and oxygen atoms in total. The molecule has 26 heavy (non-hydrogen) atoms. The Labute approximate surface area is 147 Å². The highest BCUT2D eigenvalue weighted by Crippen LogP contribution is 2.25. The fourth-order valence-corrected chi connectivity index (χ4v) is 2.86. The van der Waals surface area contributed by atoms with E-state index in [1.54, 1.807) is 24.3 Å². The predicted molar refractivity (Wildman–Crippen MR) is 88.2 cm³/mol. The van der Waals surface area contributed by atoms with Crippen LogP contribution in [0.3, 0.4) is 0 Å². The predicted octanol–water partition coefficient (Wildman–Crippen LogP) is 0.235. The van der Waals surface area contributed by atoms with Crippen molar-refractivity contribution in [2.75, 3.05) is 7.11 Å². The number of benzene rings is 1. The van der Waals surface area contributed by atoms with Crippen LogP contribution >= 0.6 is 0 Å². The molecule has 1 aromatic carbocycles. The molecule has 9 heteroatoms. The van der Waals surface area contributed by atoms with Crippen molar-refractivity contribution >= 4 is 11.9 Å². The molecule has 1 amide bonds. The number of aliphatic hydroxyl groups excluding tert-OH is 1. The van der Waals surface area contributed by atoms with Crippen molar-refractivity contribution in [3.63, 3.8) is 0 Å². The van der Waals surface area contributed by atoms with E-state index in [1.165, 1.54) is 7.11 Å². The second-order valence-corrected chi connectivity index (χ2v) is 5.79. The summed E-state index contributed by atoms with van der Waals surface area (Å²) in [5.41, 5.74) is -1.50. The van der Waals surface area contributed by atoms with Gasteiger partial charge in [-0.05, 0) is 17.7 Å². The molecule has 0 fully saturated rings. The van der Waals surface area contributed by atoms with Crippen molar-refractivity contribution in [2.24, 2.45) is 0 Å². The number of aliphatic hydroxyl groups is 1. The summed E-state index contributed by atoms with van der Waals surface area (Å²) >= 11 is 0. The van der Waals surface area contributed by atoms with Gasteiger partial charge in [-0.3, -0.25) is 9.59 Å². The minimum absolute atomic E-state index is 0.0194. The van der Waals surface area contributed by atoms with E-state index in [0.717, 1.165) is 15.7 Å². The Bertz CT molecular complexity index is 951. The Hall–Kier alpha value is -3.33. The molecule has 0 saturated heterocycles. The maximum absolute atomic E-state index is 12.7. The highest BCUT2D eigenvalue weighted by atomic mass is 16.5. The maximum Gasteiger partial charge on any atom is 0.341 e. The summed E-state index contributed by atoms with van der Waals surface area (Å²) in [6, 6.07) is 6.88. The molecule has 136 valence electrons. The third-order valence-electron chi connectivity index (χ3n) is 4.16. The molecule has 3 rings (SSSR count). The van der Waals surface area contributed by atoms with Crippen LogP contribution in [0.25, 0.3) is 0 Å². The van der Waals surface area contributed by atoms with Gasteiger partial charge in [-0.1, -0.05) is 12.1 Å². The number of rotatable bonds is 4. The molecular weight excluding hydrogens is 344 g/mol. The molecular formula is C17H16N2O7. The number of aromatic carboxylic acids is 1. The van der Waals surface area contributed by atoms with Crippen molar-refractivity contribution in [3.05, 3.63) is 57.5 Å². The zero-order valence-corrected chi connectivity index (χ0v) is 13.7. The second kappa shape index (κ2) is 6.52. The third-order valence-corrected chi connectivity index (χ3v) is 4.16. The summed E-state index contributed by atoms with van der Waals surface area (Å²) in [6.45, 7) is -0.162. The first kappa shape index (κ1) is 17.5. The number of aromatic hydroxyl groups is 1. The lowest BCUT2D eigenvalue weighted by Crippen LogP contribution is -2.48. The number of hydrogen-bond acceptors (Lipinski definition) is 6. The number of carboxylic acids is 1. The number of carbonyl (C=O) groups is 2. The molecule has 1 aliphatic heterocycles. The van der Waals surface area contributed by atoms with Crippen LogP contribution in [0.5, 0.6) is 11.5 Å². The number of nitrogens with zero attached hydrogens (tertiary/aromatic N) is 2. The van der Waals surface area contributed by atoms with Gasteiger partial charge in [-0.25, -0.2) is 4.79 Å². The molecule has 0 radical (unpaired) electrons. The number of hydrogen-bond donors (Lipinski definition) is 3. The monoisotopic (exact) mass is 360 g/mol. The number of ether oxygens (including phenoxy) is 1. The van der Waals surface area contributed by atoms with Crippen LogP contribution in [0, 0.1) is 0 Å². The first-order chi connectivity index (χ1) is 12.3. The van der Waals surface area contributed by atoms with Crippen LogP contribution in [0.15, 0.2) is 35.3 Å². The van der Waals surface area contributed by atoms with Crippen LogP contribution in [0.4, 0.5) is 0 Å². The number of methoxy groups -OCH3 is 1. The van der Waals surface area contributed by atoms with Crippen LogP contribution in [0.1, 0.15) is 26.4 Å². The van der Waals surface area contributed by atoms with Gasteiger partial charge in [0, 0.05) is 12.7 Å². The summed E-state index contributed by atoms with van der Waals surface area (Å²) in [6.07, 6.45) is -0.311. The summed E-state index contributed by atoms with van der Waals surface area (Å²) < 4.78 is 6.20. The fourth-order valence-electron chi connectivity index (χ4n) is 2.86. The molecule has 0 saturated carbocycles. The zero-order valence-electron chi connectivity index (χ0n) is 13.7. The van der Waals surface area contributed by atoms with Gasteiger partial charge in [0.1, 0.15) is 17.5 Å². The van der Waals surface area contributed by atoms with E-state index >= 15 is 0 Å². The Kier molecular flexibility index (Phi) is 4.39. The average Bonchev–Trinajstić information content (AvgIpc) is 2.61. The lowest BCUT2D eigenvalue weighted by atomic mass is 10.1. The summed E-state index contributed by atoms with van der Waals surface area (Å²) in [7, 11) is 1.50. The van der Waals surface area contributed by atoms with Gasteiger partial charge in [-0.15, -0.1) is 0 Å². The van der Waals surface area contributed by atoms with Gasteiger partial charge >= 0.3 is 5.97 Å². The van der Waals surface area contributed by atoms with Crippen LogP contribution in [-0.2, 0) is 13.1 Å². The smallest absolute Gasteiger partial charge is 0.341 e. The number of carboxylic acid groups (broad SMARTS) is 1. The van der Waals surface area contributed by atoms with E-state index in [9.17, 15) is 24.6 Å². The van der Waals surface area contributed by atoms with Crippen LogP contribution in [-0.4, -0.2) is 50.0 Å². The molecule has 1 aliphatic rings. The van der Waals surface area contributed by atoms with Crippen molar-refractivity contribution in [2.45, 2.75) is 19.3 Å². The minimum Gasteiger partial charge on any atom is -0.503 e. The zero-order chi connectivity index (χ0) is 19.0. The Morgan fingerprint density at radius 3 is 2.73 bits per heavy atom. The normalized spacial score (nSPS) is 16.3. The molecule has 0 spiro atoms. The first-order valence-electron chi connectivity index (χ1n) is 7.65. The van der Waals surface area contributed by atoms with Gasteiger partial charge < -0.3 is 29.5 Å². The quantitative estimate of drug-likeness (QED) is 0.712. The minimum atomic E-state index is -1.53. The molecule has 2 aromatic rings. The van der Waals surface area contributed by atoms with Gasteiger partial charge in [-0.2, -0.15) is 0 Å². The van der Waals surface area contributed by atoms with Gasteiger partial charge in [0.15, 0.2) is 11.4 Å².